The van der Waals surface area contributed by atoms with Crippen molar-refractivity contribution in [1.29, 1.82) is 0 Å². The van der Waals surface area contributed by atoms with E-state index >= 15 is 0 Å². The number of carbonyl (C=O) groups excluding carboxylic acids is 2. The lowest BCUT2D eigenvalue weighted by atomic mass is 9.96. The van der Waals surface area contributed by atoms with E-state index in [-0.39, 0.29) is 25.0 Å². The van der Waals surface area contributed by atoms with Gasteiger partial charge in [-0.2, -0.15) is 0 Å². The minimum Gasteiger partial charge on any atom is -0.491 e. The third-order valence-electron chi connectivity index (χ3n) is 5.39. The Balaban J connectivity index is 1.74. The van der Waals surface area contributed by atoms with E-state index in [9.17, 15) is 9.59 Å². The van der Waals surface area contributed by atoms with Crippen LogP contribution >= 0.6 is 11.8 Å². The number of hydrogen-bond acceptors (Lipinski definition) is 7. The molecule has 0 saturated carbocycles. The number of para-hydroxylation sites is 2. The number of nitrogen functional groups attached to an aromatic ring is 1. The summed E-state index contributed by atoms with van der Waals surface area (Å²) in [5, 5.41) is 14.5. The molecule has 5 N–H and O–H groups in total. The van der Waals surface area contributed by atoms with Crippen LogP contribution < -0.4 is 21.1 Å². The predicted octanol–water partition coefficient (Wildman–Crippen LogP) is 5.48. The molecule has 3 rings (SSSR count). The summed E-state index contributed by atoms with van der Waals surface area (Å²) in [7, 11) is 0. The first-order valence-electron chi connectivity index (χ1n) is 11.7. The van der Waals surface area contributed by atoms with Crippen LogP contribution in [0.4, 0.5) is 21.9 Å². The minimum atomic E-state index is -0.691. The van der Waals surface area contributed by atoms with E-state index in [0.29, 0.717) is 28.4 Å². The standard InChI is InChI=1S/C28H31N3O5S/c1-19(7-16-26(33)31-25-6-4-3-5-24(25)29)27(20-8-12-22(13-9-20)35-18-17-32)36-28(34)30-21-10-14-23(37-2)15-11-21/h3-16,19,27,32H,17-18,29H2,1-2H3,(H,30,34)(H,31,33)/b16-7+/t19-,27+/m1/s1. The first-order valence-corrected chi connectivity index (χ1v) is 12.9. The topological polar surface area (TPSA) is 123 Å². The number of hydrogen-bond donors (Lipinski definition) is 4. The molecule has 0 unspecified atom stereocenters. The molecule has 9 heteroatoms. The van der Waals surface area contributed by atoms with Gasteiger partial charge in [-0.1, -0.05) is 37.3 Å². The molecule has 37 heavy (non-hydrogen) atoms. The Labute approximate surface area is 220 Å². The molecule has 0 fully saturated rings. The highest BCUT2D eigenvalue weighted by Crippen LogP contribution is 2.30. The molecule has 194 valence electrons. The second-order valence-electron chi connectivity index (χ2n) is 8.12. The minimum absolute atomic E-state index is 0.0931. The van der Waals surface area contributed by atoms with Crippen molar-refractivity contribution in [2.45, 2.75) is 17.9 Å². The molecule has 0 saturated heterocycles. The van der Waals surface area contributed by atoms with Crippen LogP contribution in [-0.2, 0) is 9.53 Å². The zero-order valence-electron chi connectivity index (χ0n) is 20.7. The zero-order valence-corrected chi connectivity index (χ0v) is 21.5. The molecule has 3 aromatic rings. The Morgan fingerprint density at radius 1 is 1.03 bits per heavy atom. The fraction of sp³-hybridized carbons (Fsp3) is 0.214. The van der Waals surface area contributed by atoms with Gasteiger partial charge in [-0.15, -0.1) is 11.8 Å². The van der Waals surface area contributed by atoms with Crippen LogP contribution in [0, 0.1) is 5.92 Å². The maximum absolute atomic E-state index is 12.8. The molecule has 0 radical (unpaired) electrons. The highest BCUT2D eigenvalue weighted by molar-refractivity contribution is 7.98. The van der Waals surface area contributed by atoms with Crippen LogP contribution in [0.15, 0.2) is 89.8 Å². The molecule has 0 aliphatic rings. The maximum atomic E-state index is 12.8. The average Bonchev–Trinajstić information content (AvgIpc) is 2.91. The number of benzene rings is 3. The Hall–Kier alpha value is -3.95. The smallest absolute Gasteiger partial charge is 0.412 e. The van der Waals surface area contributed by atoms with Crippen molar-refractivity contribution < 1.29 is 24.2 Å². The molecular formula is C28H31N3O5S. The van der Waals surface area contributed by atoms with Gasteiger partial charge >= 0.3 is 6.09 Å². The number of rotatable bonds is 11. The van der Waals surface area contributed by atoms with Gasteiger partial charge in [0.1, 0.15) is 18.5 Å². The molecule has 0 aliphatic carbocycles. The summed E-state index contributed by atoms with van der Waals surface area (Å²) in [6.45, 7) is 1.93. The second-order valence-corrected chi connectivity index (χ2v) is 8.99. The highest BCUT2D eigenvalue weighted by Gasteiger charge is 2.23. The van der Waals surface area contributed by atoms with E-state index < -0.39 is 12.2 Å². The third-order valence-corrected chi connectivity index (χ3v) is 6.13. The van der Waals surface area contributed by atoms with Crippen molar-refractivity contribution in [2.24, 2.45) is 5.92 Å². The van der Waals surface area contributed by atoms with E-state index in [4.69, 9.17) is 20.3 Å². The predicted molar refractivity (Wildman–Crippen MR) is 148 cm³/mol. The lowest BCUT2D eigenvalue weighted by Crippen LogP contribution is -2.21. The molecule has 3 aromatic carbocycles. The number of amides is 2. The van der Waals surface area contributed by atoms with Crippen LogP contribution in [0.25, 0.3) is 0 Å². The van der Waals surface area contributed by atoms with E-state index in [1.54, 1.807) is 78.5 Å². The summed E-state index contributed by atoms with van der Waals surface area (Å²) < 4.78 is 11.2. The summed E-state index contributed by atoms with van der Waals surface area (Å²) in [5.74, 6) is -0.125. The molecule has 0 aliphatic heterocycles. The highest BCUT2D eigenvalue weighted by atomic mass is 32.2. The second kappa shape index (κ2) is 14.0. The molecule has 0 bridgehead atoms. The molecule has 0 aromatic heterocycles. The van der Waals surface area contributed by atoms with Gasteiger partial charge in [0, 0.05) is 16.5 Å². The number of nitrogens with two attached hydrogens (primary N) is 1. The monoisotopic (exact) mass is 521 g/mol. The zero-order chi connectivity index (χ0) is 26.6. The Morgan fingerprint density at radius 2 is 1.73 bits per heavy atom. The van der Waals surface area contributed by atoms with Crippen LogP contribution in [0.3, 0.4) is 0 Å². The van der Waals surface area contributed by atoms with Gasteiger partial charge in [0.25, 0.3) is 0 Å². The SMILES string of the molecule is CSc1ccc(NC(=O)O[C@H](c2ccc(OCCO)cc2)[C@H](C)/C=C/C(=O)Nc2ccccc2N)cc1. The largest absolute Gasteiger partial charge is 0.491 e. The summed E-state index contributed by atoms with van der Waals surface area (Å²) >= 11 is 1.61. The van der Waals surface area contributed by atoms with Gasteiger partial charge < -0.3 is 25.6 Å². The summed E-state index contributed by atoms with van der Waals surface area (Å²) in [4.78, 5) is 26.3. The van der Waals surface area contributed by atoms with Crippen molar-refractivity contribution >= 4 is 40.8 Å². The Kier molecular flexibility index (Phi) is 10.4. The molecule has 2 amide bonds. The number of aliphatic hydroxyl groups is 1. The van der Waals surface area contributed by atoms with Crippen molar-refractivity contribution in [1.82, 2.24) is 0 Å². The first kappa shape index (κ1) is 27.6. The Morgan fingerprint density at radius 3 is 2.38 bits per heavy atom. The normalized spacial score (nSPS) is 12.5. The van der Waals surface area contributed by atoms with E-state index in [1.165, 1.54) is 6.08 Å². The van der Waals surface area contributed by atoms with Crippen LogP contribution in [0.2, 0.25) is 0 Å². The summed E-state index contributed by atoms with van der Waals surface area (Å²) in [6, 6.07) is 21.5. The molecule has 2 atom stereocenters. The fourth-order valence-electron chi connectivity index (χ4n) is 3.46. The maximum Gasteiger partial charge on any atom is 0.412 e. The molecule has 0 spiro atoms. The molecule has 0 heterocycles. The van der Waals surface area contributed by atoms with Gasteiger partial charge in [0.2, 0.25) is 5.91 Å². The van der Waals surface area contributed by atoms with Gasteiger partial charge in [-0.3, -0.25) is 10.1 Å². The molecule has 8 nitrogen and oxygen atoms in total. The number of aliphatic hydroxyl groups excluding tert-OH is 1. The molecular weight excluding hydrogens is 490 g/mol. The van der Waals surface area contributed by atoms with Gasteiger partial charge in [-0.25, -0.2) is 4.79 Å². The summed E-state index contributed by atoms with van der Waals surface area (Å²) in [6.07, 6.45) is 3.74. The number of ether oxygens (including phenoxy) is 2. The lowest BCUT2D eigenvalue weighted by Gasteiger charge is -2.23. The average molecular weight is 522 g/mol. The lowest BCUT2D eigenvalue weighted by molar-refractivity contribution is -0.111. The van der Waals surface area contributed by atoms with Gasteiger partial charge in [-0.05, 0) is 66.4 Å². The number of nitrogens with one attached hydrogen (secondary N) is 2. The van der Waals surface area contributed by atoms with Crippen molar-refractivity contribution in [2.75, 3.05) is 35.8 Å². The van der Waals surface area contributed by atoms with Crippen LogP contribution in [0.5, 0.6) is 5.75 Å². The van der Waals surface area contributed by atoms with Crippen LogP contribution in [0.1, 0.15) is 18.6 Å². The number of thioether (sulfide) groups is 1. The van der Waals surface area contributed by atoms with E-state index in [0.717, 1.165) is 4.90 Å². The third kappa shape index (κ3) is 8.59. The van der Waals surface area contributed by atoms with E-state index in [2.05, 4.69) is 10.6 Å². The Bertz CT molecular complexity index is 1200. The fourth-order valence-corrected chi connectivity index (χ4v) is 3.87. The van der Waals surface area contributed by atoms with Crippen molar-refractivity contribution in [3.05, 3.63) is 90.5 Å². The quantitative estimate of drug-likeness (QED) is 0.150. The van der Waals surface area contributed by atoms with Crippen LogP contribution in [-0.4, -0.2) is 36.6 Å². The van der Waals surface area contributed by atoms with Gasteiger partial charge in [0.05, 0.1) is 18.0 Å². The van der Waals surface area contributed by atoms with E-state index in [1.807, 2.05) is 25.3 Å². The first-order chi connectivity index (χ1) is 17.9. The van der Waals surface area contributed by atoms with Crippen molar-refractivity contribution in [3.63, 3.8) is 0 Å². The van der Waals surface area contributed by atoms with Gasteiger partial charge in [0.15, 0.2) is 0 Å². The number of anilines is 3. The van der Waals surface area contributed by atoms with Crippen molar-refractivity contribution in [3.8, 4) is 5.75 Å². The number of carbonyl (C=O) groups is 2. The summed E-state index contributed by atoms with van der Waals surface area (Å²) in [5.41, 5.74) is 8.20.